The van der Waals surface area contributed by atoms with Crippen molar-refractivity contribution in [1.29, 1.82) is 5.26 Å². The van der Waals surface area contributed by atoms with Crippen LogP contribution in [0.1, 0.15) is 64.2 Å². The van der Waals surface area contributed by atoms with E-state index in [0.717, 1.165) is 57.9 Å². The zero-order valence-electron chi connectivity index (χ0n) is 18.5. The van der Waals surface area contributed by atoms with Crippen molar-refractivity contribution in [3.05, 3.63) is 0 Å². The van der Waals surface area contributed by atoms with Crippen LogP contribution < -0.4 is 5.73 Å². The van der Waals surface area contributed by atoms with E-state index in [1.165, 1.54) is 6.42 Å². The standard InChI is InChI=1S/C24H34N4O3/c1-27-4-2-3-18(27)22(30)31-24-10-14-5-15(11-24)9-23(8-14,13-24)20(26)21(29)28-17(12-25)6-16-7-19(16)28/h14-20H,2-11,13,26H2,1H3/t14-,15?,16?,17-,18-,19?,20+,23?,24?/m0/s1. The SMILES string of the molecule is CN1CCC[C@H]1C(=O)OC12CC3C[C@H](C1)CC([C@H](N)C(=O)N1C4CC4C[C@H]1C#N)(C3)C2. The van der Waals surface area contributed by atoms with Gasteiger partial charge in [0, 0.05) is 6.04 Å². The molecule has 31 heavy (non-hydrogen) atoms. The number of carbonyl (C=O) groups excluding carboxylic acids is 2. The molecule has 2 aliphatic heterocycles. The molecule has 5 aliphatic carbocycles. The average Bonchev–Trinajstić information content (AvgIpc) is 3.16. The maximum atomic E-state index is 13.6. The highest BCUT2D eigenvalue weighted by molar-refractivity contribution is 5.84. The molecular weight excluding hydrogens is 392 g/mol. The number of likely N-dealkylation sites (tertiary alicyclic amines) is 2. The van der Waals surface area contributed by atoms with Crippen molar-refractivity contribution < 1.29 is 14.3 Å². The summed E-state index contributed by atoms with van der Waals surface area (Å²) in [5.41, 5.74) is 6.03. The van der Waals surface area contributed by atoms with Gasteiger partial charge in [0.2, 0.25) is 5.91 Å². The van der Waals surface area contributed by atoms with E-state index >= 15 is 0 Å². The van der Waals surface area contributed by atoms with Gasteiger partial charge in [-0.25, -0.2) is 0 Å². The summed E-state index contributed by atoms with van der Waals surface area (Å²) in [7, 11) is 2.00. The number of amides is 1. The molecule has 0 spiro atoms. The fraction of sp³-hybridized carbons (Fsp3) is 0.875. The summed E-state index contributed by atoms with van der Waals surface area (Å²) in [5.74, 6) is 1.34. The van der Waals surface area contributed by atoms with Crippen LogP contribution in [0.3, 0.4) is 0 Å². The van der Waals surface area contributed by atoms with E-state index < -0.39 is 11.6 Å². The summed E-state index contributed by atoms with van der Waals surface area (Å²) < 4.78 is 6.34. The van der Waals surface area contributed by atoms with Gasteiger partial charge in [0.1, 0.15) is 17.7 Å². The molecule has 0 aromatic carbocycles. The number of likely N-dealkylation sites (N-methyl/N-ethyl adjacent to an activating group) is 1. The molecule has 0 radical (unpaired) electrons. The highest BCUT2D eigenvalue weighted by Gasteiger charge is 2.64. The molecule has 7 heteroatoms. The zero-order chi connectivity index (χ0) is 21.5. The molecule has 1 amide bonds. The van der Waals surface area contributed by atoms with E-state index in [1.54, 1.807) is 0 Å². The van der Waals surface area contributed by atoms with Crippen LogP contribution >= 0.6 is 0 Å². The Morgan fingerprint density at radius 3 is 2.55 bits per heavy atom. The third-order valence-electron chi connectivity index (χ3n) is 9.60. The molecule has 9 atom stereocenters. The fourth-order valence-electron chi connectivity index (χ4n) is 8.53. The molecule has 0 aromatic heterocycles. The van der Waals surface area contributed by atoms with Crippen LogP contribution in [0.5, 0.6) is 0 Å². The van der Waals surface area contributed by atoms with Gasteiger partial charge in [0.15, 0.2) is 0 Å². The first-order valence-corrected chi connectivity index (χ1v) is 12.2. The topological polar surface area (TPSA) is 99.7 Å². The number of nitrogens with two attached hydrogens (primary N) is 1. The predicted octanol–water partition coefficient (Wildman–Crippen LogP) is 1.80. The van der Waals surface area contributed by atoms with Crippen LogP contribution in [-0.4, -0.2) is 65.0 Å². The third kappa shape index (κ3) is 2.97. The third-order valence-corrected chi connectivity index (χ3v) is 9.60. The number of hydrogen-bond acceptors (Lipinski definition) is 6. The van der Waals surface area contributed by atoms with Crippen LogP contribution in [0.2, 0.25) is 0 Å². The second-order valence-electron chi connectivity index (χ2n) is 11.7. The molecule has 5 saturated carbocycles. The van der Waals surface area contributed by atoms with E-state index in [9.17, 15) is 14.9 Å². The van der Waals surface area contributed by atoms with E-state index in [-0.39, 0.29) is 35.4 Å². The van der Waals surface area contributed by atoms with E-state index in [1.807, 2.05) is 11.9 Å². The number of rotatable bonds is 4. The van der Waals surface area contributed by atoms with Gasteiger partial charge >= 0.3 is 5.97 Å². The molecule has 7 nitrogen and oxygen atoms in total. The Kier molecular flexibility index (Phi) is 4.31. The predicted molar refractivity (Wildman–Crippen MR) is 112 cm³/mol. The highest BCUT2D eigenvalue weighted by Crippen LogP contribution is 2.64. The summed E-state index contributed by atoms with van der Waals surface area (Å²) in [4.78, 5) is 30.6. The van der Waals surface area contributed by atoms with E-state index in [0.29, 0.717) is 24.2 Å². The smallest absolute Gasteiger partial charge is 0.323 e. The first-order valence-electron chi connectivity index (χ1n) is 12.2. The van der Waals surface area contributed by atoms with Crippen LogP contribution in [0, 0.1) is 34.5 Å². The summed E-state index contributed by atoms with van der Waals surface area (Å²) in [6.07, 6.45) is 9.36. The van der Waals surface area contributed by atoms with Gasteiger partial charge in [-0.2, -0.15) is 5.26 Å². The lowest BCUT2D eigenvalue weighted by Gasteiger charge is -2.62. The lowest BCUT2D eigenvalue weighted by molar-refractivity contribution is -0.209. The molecule has 168 valence electrons. The van der Waals surface area contributed by atoms with Crippen LogP contribution in [-0.2, 0) is 14.3 Å². The van der Waals surface area contributed by atoms with Crippen LogP contribution in [0.15, 0.2) is 0 Å². The molecular formula is C24H34N4O3. The minimum atomic E-state index is -0.596. The zero-order valence-corrected chi connectivity index (χ0v) is 18.5. The molecule has 2 heterocycles. The first kappa shape index (κ1) is 20.0. The summed E-state index contributed by atoms with van der Waals surface area (Å²) in [5, 5.41) is 9.56. The molecule has 2 saturated heterocycles. The number of esters is 1. The maximum Gasteiger partial charge on any atom is 0.323 e. The van der Waals surface area contributed by atoms with Gasteiger partial charge < -0.3 is 15.4 Å². The van der Waals surface area contributed by atoms with E-state index in [4.69, 9.17) is 10.5 Å². The summed E-state index contributed by atoms with van der Waals surface area (Å²) in [6, 6.07) is 1.51. The molecule has 4 bridgehead atoms. The molecule has 2 N–H and O–H groups in total. The maximum absolute atomic E-state index is 13.6. The Hall–Kier alpha value is -1.65. The van der Waals surface area contributed by atoms with Gasteiger partial charge in [-0.1, -0.05) is 0 Å². The number of fused-ring (bicyclic) bond motifs is 1. The number of piperidine rings is 1. The van der Waals surface area contributed by atoms with Crippen LogP contribution in [0.4, 0.5) is 0 Å². The average molecular weight is 427 g/mol. The normalized spacial score (nSPS) is 48.4. The second kappa shape index (κ2) is 6.68. The minimum absolute atomic E-state index is 0.0319. The van der Waals surface area contributed by atoms with Gasteiger partial charge in [-0.05, 0) is 101 Å². The first-order chi connectivity index (χ1) is 14.8. The van der Waals surface area contributed by atoms with Gasteiger partial charge in [-0.3, -0.25) is 14.5 Å². The summed E-state index contributed by atoms with van der Waals surface area (Å²) >= 11 is 0. The fourth-order valence-corrected chi connectivity index (χ4v) is 8.53. The van der Waals surface area contributed by atoms with Crippen molar-refractivity contribution in [1.82, 2.24) is 9.80 Å². The Morgan fingerprint density at radius 1 is 1.16 bits per heavy atom. The molecule has 0 aromatic rings. The highest BCUT2D eigenvalue weighted by atomic mass is 16.6. The largest absolute Gasteiger partial charge is 0.458 e. The lowest BCUT2D eigenvalue weighted by atomic mass is 9.46. The van der Waals surface area contributed by atoms with Crippen molar-refractivity contribution >= 4 is 11.9 Å². The van der Waals surface area contributed by atoms with E-state index in [2.05, 4.69) is 11.0 Å². The lowest BCUT2D eigenvalue weighted by Crippen LogP contribution is -2.66. The molecule has 7 fully saturated rings. The van der Waals surface area contributed by atoms with Crippen molar-refractivity contribution in [3.63, 3.8) is 0 Å². The monoisotopic (exact) mass is 426 g/mol. The molecule has 5 unspecified atom stereocenters. The summed E-state index contributed by atoms with van der Waals surface area (Å²) in [6.45, 7) is 0.944. The van der Waals surface area contributed by atoms with Crippen molar-refractivity contribution in [3.8, 4) is 6.07 Å². The number of nitrogens with zero attached hydrogens (tertiary/aromatic N) is 3. The van der Waals surface area contributed by atoms with Gasteiger partial charge in [0.05, 0.1) is 12.1 Å². The number of hydrogen-bond donors (Lipinski definition) is 1. The van der Waals surface area contributed by atoms with Gasteiger partial charge in [0.25, 0.3) is 0 Å². The number of carbonyl (C=O) groups is 2. The number of nitriles is 1. The Morgan fingerprint density at radius 2 is 1.90 bits per heavy atom. The van der Waals surface area contributed by atoms with Crippen LogP contribution in [0.25, 0.3) is 0 Å². The van der Waals surface area contributed by atoms with Crippen molar-refractivity contribution in [2.75, 3.05) is 13.6 Å². The Balaban J connectivity index is 1.24. The van der Waals surface area contributed by atoms with Gasteiger partial charge in [-0.15, -0.1) is 0 Å². The quantitative estimate of drug-likeness (QED) is 0.688. The Bertz CT molecular complexity index is 838. The molecule has 7 aliphatic rings. The minimum Gasteiger partial charge on any atom is -0.458 e. The van der Waals surface area contributed by atoms with Crippen molar-refractivity contribution in [2.24, 2.45) is 28.9 Å². The second-order valence-corrected chi connectivity index (χ2v) is 11.7. The van der Waals surface area contributed by atoms with Crippen molar-refractivity contribution in [2.45, 2.75) is 94.0 Å². The molecule has 7 rings (SSSR count). The Labute approximate surface area is 184 Å². The number of ether oxygens (including phenoxy) is 1.